The molecule has 0 unspecified atom stereocenters. The van der Waals surface area contributed by atoms with Gasteiger partial charge in [-0.1, -0.05) is 91.9 Å². The molecule has 0 aliphatic rings. The maximum atomic E-state index is 12.7. The molecule has 3 rings (SSSR count). The molecule has 28 heavy (non-hydrogen) atoms. The van der Waals surface area contributed by atoms with Crippen molar-refractivity contribution in [3.63, 3.8) is 0 Å². The van der Waals surface area contributed by atoms with Crippen molar-refractivity contribution in [3.05, 3.63) is 107 Å². The van der Waals surface area contributed by atoms with Crippen LogP contribution in [-0.4, -0.2) is 22.2 Å². The van der Waals surface area contributed by atoms with Crippen molar-refractivity contribution < 1.29 is 19.8 Å². The monoisotopic (exact) mass is 376 g/mol. The summed E-state index contributed by atoms with van der Waals surface area (Å²) in [6, 6.07) is 26.8. The highest BCUT2D eigenvalue weighted by molar-refractivity contribution is 5.91. The van der Waals surface area contributed by atoms with Gasteiger partial charge >= 0.3 is 5.97 Å². The van der Waals surface area contributed by atoms with E-state index in [4.69, 9.17) is 9.90 Å². The number of aryl methyl sites for hydroxylation is 1. The summed E-state index contributed by atoms with van der Waals surface area (Å²) in [6.07, 6.45) is 0.783. The summed E-state index contributed by atoms with van der Waals surface area (Å²) in [5, 5.41) is 17.8. The number of hydrogen-bond donors (Lipinski definition) is 2. The van der Waals surface area contributed by atoms with E-state index in [1.807, 2.05) is 84.9 Å². The van der Waals surface area contributed by atoms with Gasteiger partial charge in [0, 0.05) is 6.92 Å². The van der Waals surface area contributed by atoms with Crippen LogP contribution in [0.4, 0.5) is 0 Å². The number of hydrogen-bond acceptors (Lipinski definition) is 2. The van der Waals surface area contributed by atoms with Crippen molar-refractivity contribution in [3.8, 4) is 0 Å². The first-order valence-corrected chi connectivity index (χ1v) is 9.06. The summed E-state index contributed by atoms with van der Waals surface area (Å²) < 4.78 is 0. The molecule has 0 spiro atoms. The van der Waals surface area contributed by atoms with E-state index in [9.17, 15) is 9.90 Å². The van der Waals surface area contributed by atoms with Gasteiger partial charge in [-0.3, -0.25) is 9.59 Å². The SMILES string of the molecule is CC(=O)O.CCc1ccccc1C(C(=O)O)(c1ccccc1)c1ccccc1. The van der Waals surface area contributed by atoms with Crippen LogP contribution in [0.15, 0.2) is 84.9 Å². The Bertz CT molecular complexity index is 874. The average molecular weight is 376 g/mol. The van der Waals surface area contributed by atoms with Crippen LogP contribution in [0.25, 0.3) is 0 Å². The molecule has 144 valence electrons. The van der Waals surface area contributed by atoms with Gasteiger partial charge in [0.1, 0.15) is 5.41 Å². The first-order valence-electron chi connectivity index (χ1n) is 9.06. The fourth-order valence-electron chi connectivity index (χ4n) is 3.41. The first kappa shape index (κ1) is 20.9. The van der Waals surface area contributed by atoms with Gasteiger partial charge in [-0.15, -0.1) is 0 Å². The molecular formula is C24H24O4. The lowest BCUT2D eigenvalue weighted by molar-refractivity contribution is -0.140. The first-order chi connectivity index (χ1) is 13.4. The van der Waals surface area contributed by atoms with Gasteiger partial charge < -0.3 is 10.2 Å². The van der Waals surface area contributed by atoms with Gasteiger partial charge in [-0.25, -0.2) is 0 Å². The van der Waals surface area contributed by atoms with Crippen LogP contribution in [0.1, 0.15) is 36.1 Å². The van der Waals surface area contributed by atoms with Gasteiger partial charge in [0.25, 0.3) is 5.97 Å². The molecule has 4 heteroatoms. The fourth-order valence-corrected chi connectivity index (χ4v) is 3.41. The summed E-state index contributed by atoms with van der Waals surface area (Å²) in [4.78, 5) is 21.7. The van der Waals surface area contributed by atoms with Crippen LogP contribution < -0.4 is 0 Å². The third-order valence-corrected chi connectivity index (χ3v) is 4.54. The van der Waals surface area contributed by atoms with E-state index in [2.05, 4.69) is 6.92 Å². The summed E-state index contributed by atoms with van der Waals surface area (Å²) in [6.45, 7) is 3.14. The molecule has 0 amide bonds. The van der Waals surface area contributed by atoms with Crippen molar-refractivity contribution in [1.29, 1.82) is 0 Å². The zero-order valence-electron chi connectivity index (χ0n) is 16.0. The molecule has 0 bridgehead atoms. The van der Waals surface area contributed by atoms with Gasteiger partial charge in [0.2, 0.25) is 0 Å². The summed E-state index contributed by atoms with van der Waals surface area (Å²) in [5.41, 5.74) is 2.20. The van der Waals surface area contributed by atoms with E-state index in [0.717, 1.165) is 35.6 Å². The van der Waals surface area contributed by atoms with Crippen LogP contribution in [0, 0.1) is 0 Å². The molecule has 4 nitrogen and oxygen atoms in total. The second-order valence-electron chi connectivity index (χ2n) is 6.32. The maximum absolute atomic E-state index is 12.7. The average Bonchev–Trinajstić information content (AvgIpc) is 2.70. The van der Waals surface area contributed by atoms with Gasteiger partial charge in [0.15, 0.2) is 0 Å². The van der Waals surface area contributed by atoms with E-state index in [0.29, 0.717) is 0 Å². The second kappa shape index (κ2) is 9.51. The van der Waals surface area contributed by atoms with E-state index >= 15 is 0 Å². The van der Waals surface area contributed by atoms with Crippen molar-refractivity contribution in [1.82, 2.24) is 0 Å². The second-order valence-corrected chi connectivity index (χ2v) is 6.32. The van der Waals surface area contributed by atoms with Gasteiger partial charge in [-0.05, 0) is 28.7 Å². The van der Waals surface area contributed by atoms with Crippen LogP contribution in [0.3, 0.4) is 0 Å². The Balaban J connectivity index is 0.000000640. The van der Waals surface area contributed by atoms with Crippen molar-refractivity contribution in [2.45, 2.75) is 25.7 Å². The lowest BCUT2D eigenvalue weighted by atomic mass is 9.68. The number of carboxylic acids is 2. The Morgan fingerprint density at radius 3 is 1.54 bits per heavy atom. The summed E-state index contributed by atoms with van der Waals surface area (Å²) in [5.74, 6) is -1.69. The van der Waals surface area contributed by atoms with Gasteiger partial charge in [0.05, 0.1) is 0 Å². The summed E-state index contributed by atoms with van der Waals surface area (Å²) >= 11 is 0. The van der Waals surface area contributed by atoms with Gasteiger partial charge in [-0.2, -0.15) is 0 Å². The molecule has 0 aliphatic heterocycles. The number of carboxylic acid groups (broad SMARTS) is 2. The predicted octanol–water partition coefficient (Wildman–Crippen LogP) is 4.76. The third kappa shape index (κ3) is 4.29. The molecule has 0 atom stereocenters. The van der Waals surface area contributed by atoms with Crippen molar-refractivity contribution in [2.24, 2.45) is 0 Å². The lowest BCUT2D eigenvalue weighted by Crippen LogP contribution is -2.39. The number of carbonyl (C=O) groups is 2. The Labute approximate surface area is 165 Å². The fraction of sp³-hybridized carbons (Fsp3) is 0.167. The zero-order valence-corrected chi connectivity index (χ0v) is 16.0. The van der Waals surface area contributed by atoms with Crippen molar-refractivity contribution >= 4 is 11.9 Å². The Morgan fingerprint density at radius 2 is 1.14 bits per heavy atom. The zero-order chi connectivity index (χ0) is 20.6. The van der Waals surface area contributed by atoms with Crippen LogP contribution in [0.5, 0.6) is 0 Å². The molecule has 0 saturated carbocycles. The molecule has 0 saturated heterocycles. The molecule has 0 heterocycles. The molecule has 0 radical (unpaired) electrons. The quantitative estimate of drug-likeness (QED) is 0.630. The predicted molar refractivity (Wildman–Crippen MR) is 110 cm³/mol. The number of benzene rings is 3. The molecular weight excluding hydrogens is 352 g/mol. The smallest absolute Gasteiger partial charge is 0.323 e. The minimum absolute atomic E-state index is 0.768. The highest BCUT2D eigenvalue weighted by atomic mass is 16.4. The highest BCUT2D eigenvalue weighted by Crippen LogP contribution is 2.41. The van der Waals surface area contributed by atoms with E-state index in [1.54, 1.807) is 0 Å². The minimum atomic E-state index is -1.21. The molecule has 0 aromatic heterocycles. The number of rotatable bonds is 5. The largest absolute Gasteiger partial charge is 0.481 e. The Hall–Kier alpha value is -3.40. The Kier molecular flexibility index (Phi) is 7.10. The van der Waals surface area contributed by atoms with E-state index in [1.165, 1.54) is 0 Å². The molecule has 2 N–H and O–H groups in total. The molecule has 0 fully saturated rings. The minimum Gasteiger partial charge on any atom is -0.481 e. The topological polar surface area (TPSA) is 74.6 Å². The van der Waals surface area contributed by atoms with Crippen LogP contribution in [-0.2, 0) is 21.4 Å². The molecule has 3 aromatic rings. The normalized spacial score (nSPS) is 10.5. The standard InChI is InChI=1S/C22H20O2.C2H4O2/c1-2-17-11-9-10-16-20(17)22(21(23)24,18-12-5-3-6-13-18)19-14-7-4-8-15-19;1-2(3)4/h3-16H,2H2,1H3,(H,23,24);1H3,(H,3,4). The highest BCUT2D eigenvalue weighted by Gasteiger charge is 2.45. The third-order valence-electron chi connectivity index (χ3n) is 4.54. The maximum Gasteiger partial charge on any atom is 0.323 e. The molecule has 0 aliphatic carbocycles. The van der Waals surface area contributed by atoms with Crippen LogP contribution in [0.2, 0.25) is 0 Å². The van der Waals surface area contributed by atoms with E-state index < -0.39 is 17.4 Å². The summed E-state index contributed by atoms with van der Waals surface area (Å²) in [7, 11) is 0. The van der Waals surface area contributed by atoms with Crippen LogP contribution >= 0.6 is 0 Å². The van der Waals surface area contributed by atoms with E-state index in [-0.39, 0.29) is 0 Å². The Morgan fingerprint density at radius 1 is 0.750 bits per heavy atom. The molecule has 3 aromatic carbocycles. The van der Waals surface area contributed by atoms with Crippen molar-refractivity contribution in [2.75, 3.05) is 0 Å². The number of aliphatic carboxylic acids is 2. The lowest BCUT2D eigenvalue weighted by Gasteiger charge is -2.33.